The predicted molar refractivity (Wildman–Crippen MR) is 38.7 cm³/mol. The van der Waals surface area contributed by atoms with E-state index in [0.717, 1.165) is 0 Å². The van der Waals surface area contributed by atoms with Gasteiger partial charge in [0.1, 0.15) is 5.76 Å². The summed E-state index contributed by atoms with van der Waals surface area (Å²) >= 11 is 0. The molecule has 2 heteroatoms. The van der Waals surface area contributed by atoms with Crippen molar-refractivity contribution in [3.05, 3.63) is 24.5 Å². The van der Waals surface area contributed by atoms with Crippen molar-refractivity contribution >= 4 is 0 Å². The summed E-state index contributed by atoms with van der Waals surface area (Å²) in [5.41, 5.74) is 5.26. The normalized spacial score (nSPS) is 22.6. The van der Waals surface area contributed by atoms with Gasteiger partial charge in [0.2, 0.25) is 0 Å². The molecule has 0 aliphatic carbocycles. The van der Waals surface area contributed by atoms with E-state index in [1.165, 1.54) is 0 Å². The molecule has 9 heavy (non-hydrogen) atoms. The zero-order valence-corrected chi connectivity index (χ0v) is 5.92. The van der Waals surface area contributed by atoms with Crippen LogP contribution in [0, 0.1) is 0 Å². The summed E-state index contributed by atoms with van der Waals surface area (Å²) < 4.78 is 4.83. The van der Waals surface area contributed by atoms with Crippen LogP contribution >= 0.6 is 0 Å². The molecule has 1 rings (SSSR count). The lowest BCUT2D eigenvalue weighted by Crippen LogP contribution is -2.15. The van der Waals surface area contributed by atoms with Crippen molar-refractivity contribution < 1.29 is 4.74 Å². The van der Waals surface area contributed by atoms with Crippen LogP contribution in [-0.2, 0) is 4.74 Å². The van der Waals surface area contributed by atoms with E-state index >= 15 is 0 Å². The van der Waals surface area contributed by atoms with Crippen LogP contribution in [0.3, 0.4) is 0 Å². The van der Waals surface area contributed by atoms with E-state index in [2.05, 4.69) is 6.58 Å². The lowest BCUT2D eigenvalue weighted by Gasteiger charge is -1.99. The van der Waals surface area contributed by atoms with Crippen molar-refractivity contribution in [2.45, 2.75) is 20.1 Å². The molecule has 52 valence electrons. The van der Waals surface area contributed by atoms with E-state index in [1.807, 2.05) is 13.8 Å². The second-order valence-corrected chi connectivity index (χ2v) is 1.41. The number of nitrogens with two attached hydrogens (primary N) is 1. The molecule has 2 N–H and O–H groups in total. The molecule has 0 aromatic rings. The Balaban J connectivity index is 0.000000291. The highest BCUT2D eigenvalue weighted by Crippen LogP contribution is 2.06. The third-order valence-electron chi connectivity index (χ3n) is 0.759. The molecule has 1 atom stereocenters. The Morgan fingerprint density at radius 1 is 1.67 bits per heavy atom. The summed E-state index contributed by atoms with van der Waals surface area (Å²) in [5, 5.41) is 0. The summed E-state index contributed by atoms with van der Waals surface area (Å²) in [6, 6.07) is 0. The van der Waals surface area contributed by atoms with Gasteiger partial charge in [-0.15, -0.1) is 0 Å². The van der Waals surface area contributed by atoms with Crippen LogP contribution in [0.25, 0.3) is 0 Å². The van der Waals surface area contributed by atoms with Gasteiger partial charge in [-0.05, 0) is 12.2 Å². The first-order chi connectivity index (χ1) is 4.29. The van der Waals surface area contributed by atoms with Gasteiger partial charge in [-0.2, -0.15) is 0 Å². The van der Waals surface area contributed by atoms with Gasteiger partial charge >= 0.3 is 0 Å². The Morgan fingerprint density at radius 2 is 2.22 bits per heavy atom. The molecule has 0 spiro atoms. The van der Waals surface area contributed by atoms with E-state index in [1.54, 1.807) is 12.2 Å². The van der Waals surface area contributed by atoms with E-state index in [0.29, 0.717) is 5.76 Å². The van der Waals surface area contributed by atoms with Gasteiger partial charge in [0.25, 0.3) is 0 Å². The minimum Gasteiger partial charge on any atom is -0.473 e. The van der Waals surface area contributed by atoms with Crippen molar-refractivity contribution in [1.29, 1.82) is 0 Å². The SMILES string of the molecule is C=C1C=CC(N)O1.CC. The summed E-state index contributed by atoms with van der Waals surface area (Å²) in [6.45, 7) is 7.52. The highest BCUT2D eigenvalue weighted by atomic mass is 16.5. The van der Waals surface area contributed by atoms with Gasteiger partial charge < -0.3 is 4.74 Å². The second-order valence-electron chi connectivity index (χ2n) is 1.41. The first kappa shape index (κ1) is 8.24. The fraction of sp³-hybridized carbons (Fsp3) is 0.429. The minimum absolute atomic E-state index is 0.257. The first-order valence-electron chi connectivity index (χ1n) is 3.08. The van der Waals surface area contributed by atoms with Gasteiger partial charge in [-0.3, -0.25) is 5.73 Å². The number of hydrogen-bond donors (Lipinski definition) is 1. The maximum absolute atomic E-state index is 5.26. The zero-order valence-electron chi connectivity index (χ0n) is 5.92. The maximum Gasteiger partial charge on any atom is 0.167 e. The molecule has 0 bridgehead atoms. The standard InChI is InChI=1S/C5H7NO.C2H6/c1-4-2-3-5(6)7-4;1-2/h2-3,5H,1,6H2;1-2H3. The molecule has 0 fully saturated rings. The van der Waals surface area contributed by atoms with Crippen LogP contribution in [0.15, 0.2) is 24.5 Å². The predicted octanol–water partition coefficient (Wildman–Crippen LogP) is 1.40. The molecule has 2 nitrogen and oxygen atoms in total. The quantitative estimate of drug-likeness (QED) is 0.533. The second kappa shape index (κ2) is 4.15. The molecular formula is C7H13NO. The first-order valence-corrected chi connectivity index (χ1v) is 3.08. The van der Waals surface area contributed by atoms with Crippen molar-refractivity contribution in [1.82, 2.24) is 0 Å². The minimum atomic E-state index is -0.257. The topological polar surface area (TPSA) is 35.2 Å². The molecule has 1 heterocycles. The highest BCUT2D eigenvalue weighted by Gasteiger charge is 2.03. The molecule has 0 amide bonds. The van der Waals surface area contributed by atoms with Gasteiger partial charge in [0, 0.05) is 0 Å². The van der Waals surface area contributed by atoms with Crippen LogP contribution in [0.5, 0.6) is 0 Å². The Bertz CT molecular complexity index is 118. The summed E-state index contributed by atoms with van der Waals surface area (Å²) in [6.07, 6.45) is 3.25. The van der Waals surface area contributed by atoms with E-state index in [-0.39, 0.29) is 6.23 Å². The smallest absolute Gasteiger partial charge is 0.167 e. The summed E-state index contributed by atoms with van der Waals surface area (Å²) in [5.74, 6) is 0.646. The van der Waals surface area contributed by atoms with Gasteiger partial charge in [0.05, 0.1) is 0 Å². The van der Waals surface area contributed by atoms with Crippen LogP contribution < -0.4 is 5.73 Å². The molecule has 1 unspecified atom stereocenters. The highest BCUT2D eigenvalue weighted by molar-refractivity contribution is 5.14. The Morgan fingerprint density at radius 3 is 2.33 bits per heavy atom. The molecule has 1 aliphatic rings. The molecular weight excluding hydrogens is 114 g/mol. The lowest BCUT2D eigenvalue weighted by molar-refractivity contribution is 0.189. The summed E-state index contributed by atoms with van der Waals surface area (Å²) in [4.78, 5) is 0. The van der Waals surface area contributed by atoms with Crippen LogP contribution in [0.1, 0.15) is 13.8 Å². The van der Waals surface area contributed by atoms with Crippen LogP contribution in [-0.4, -0.2) is 6.23 Å². The Labute approximate surface area is 56.0 Å². The van der Waals surface area contributed by atoms with Crippen LogP contribution in [0.4, 0.5) is 0 Å². The van der Waals surface area contributed by atoms with E-state index in [4.69, 9.17) is 10.5 Å². The maximum atomic E-state index is 5.26. The molecule has 1 aliphatic heterocycles. The van der Waals surface area contributed by atoms with E-state index < -0.39 is 0 Å². The van der Waals surface area contributed by atoms with Gasteiger partial charge in [-0.25, -0.2) is 0 Å². The molecule has 0 radical (unpaired) electrons. The lowest BCUT2D eigenvalue weighted by atomic mass is 10.5. The summed E-state index contributed by atoms with van der Waals surface area (Å²) in [7, 11) is 0. The number of allylic oxidation sites excluding steroid dienone is 1. The van der Waals surface area contributed by atoms with Crippen LogP contribution in [0.2, 0.25) is 0 Å². The van der Waals surface area contributed by atoms with E-state index in [9.17, 15) is 0 Å². The number of hydrogen-bond acceptors (Lipinski definition) is 2. The fourth-order valence-electron chi connectivity index (χ4n) is 0.456. The number of rotatable bonds is 0. The third kappa shape index (κ3) is 2.93. The van der Waals surface area contributed by atoms with Gasteiger partial charge in [-0.1, -0.05) is 20.4 Å². The van der Waals surface area contributed by atoms with Crippen molar-refractivity contribution in [3.8, 4) is 0 Å². The largest absolute Gasteiger partial charge is 0.473 e. The van der Waals surface area contributed by atoms with Crippen molar-refractivity contribution in [2.24, 2.45) is 5.73 Å². The Kier molecular flexibility index (Phi) is 3.80. The van der Waals surface area contributed by atoms with Crippen molar-refractivity contribution in [2.75, 3.05) is 0 Å². The molecule has 0 saturated carbocycles. The Hall–Kier alpha value is -0.760. The fourth-order valence-corrected chi connectivity index (χ4v) is 0.456. The third-order valence-corrected chi connectivity index (χ3v) is 0.759. The average molecular weight is 127 g/mol. The zero-order chi connectivity index (χ0) is 7.28. The molecule has 0 aromatic carbocycles. The molecule has 0 aromatic heterocycles. The van der Waals surface area contributed by atoms with Crippen molar-refractivity contribution in [3.63, 3.8) is 0 Å². The average Bonchev–Trinajstić information content (AvgIpc) is 2.20. The monoisotopic (exact) mass is 127 g/mol. The molecule has 0 saturated heterocycles. The number of ether oxygens (including phenoxy) is 1. The van der Waals surface area contributed by atoms with Gasteiger partial charge in [0.15, 0.2) is 6.23 Å².